The first kappa shape index (κ1) is 24.1. The molecule has 0 saturated carbocycles. The topological polar surface area (TPSA) is 76.1 Å². The highest BCUT2D eigenvalue weighted by Gasteiger charge is 2.48. The van der Waals surface area contributed by atoms with Gasteiger partial charge >= 0.3 is 0 Å². The van der Waals surface area contributed by atoms with E-state index < -0.39 is 17.7 Å². The summed E-state index contributed by atoms with van der Waals surface area (Å²) in [5.41, 5.74) is 3.69. The fourth-order valence-corrected chi connectivity index (χ4v) is 4.25. The number of para-hydroxylation sites is 1. The average molecular weight is 472 g/mol. The summed E-state index contributed by atoms with van der Waals surface area (Å²) in [6, 6.07) is 18.8. The number of aryl methyl sites for hydroxylation is 2. The van der Waals surface area contributed by atoms with E-state index in [1.54, 1.807) is 36.4 Å². The molecule has 4 rings (SSSR count). The number of ether oxygens (including phenoxy) is 2. The zero-order valence-electron chi connectivity index (χ0n) is 20.4. The first-order valence-electron chi connectivity index (χ1n) is 11.6. The van der Waals surface area contributed by atoms with Crippen LogP contribution in [0.15, 0.2) is 72.3 Å². The monoisotopic (exact) mass is 471 g/mol. The molecule has 3 aromatic rings. The highest BCUT2D eigenvalue weighted by Crippen LogP contribution is 2.45. The summed E-state index contributed by atoms with van der Waals surface area (Å²) in [5.74, 6) is -0.508. The van der Waals surface area contributed by atoms with Gasteiger partial charge in [-0.05, 0) is 73.9 Å². The maximum atomic E-state index is 13.4. The number of hydrogen-bond acceptors (Lipinski definition) is 5. The highest BCUT2D eigenvalue weighted by molar-refractivity contribution is 6.51. The molecule has 6 nitrogen and oxygen atoms in total. The lowest BCUT2D eigenvalue weighted by atomic mass is 9.94. The van der Waals surface area contributed by atoms with Crippen molar-refractivity contribution in [2.75, 3.05) is 18.6 Å². The Kier molecular flexibility index (Phi) is 6.92. The molecule has 1 heterocycles. The summed E-state index contributed by atoms with van der Waals surface area (Å²) in [4.78, 5) is 28.2. The number of Topliss-reactive ketones (excluding diaryl/α,β-unsaturated/α-hetero) is 1. The van der Waals surface area contributed by atoms with Crippen molar-refractivity contribution >= 4 is 23.1 Å². The molecule has 0 bridgehead atoms. The van der Waals surface area contributed by atoms with Gasteiger partial charge in [-0.1, -0.05) is 31.2 Å². The molecule has 1 aliphatic heterocycles. The Morgan fingerprint density at radius 3 is 2.34 bits per heavy atom. The SMILES string of the molecule is CCCOc1ccc(/C(O)=C2\C(=O)C(=O)N(c3ccc(C)c(C)c3)C2c2ccccc2OC)cc1. The van der Waals surface area contributed by atoms with Gasteiger partial charge in [0.25, 0.3) is 11.7 Å². The molecule has 6 heteroatoms. The molecule has 1 aliphatic rings. The third-order valence-corrected chi connectivity index (χ3v) is 6.25. The van der Waals surface area contributed by atoms with E-state index in [0.29, 0.717) is 34.9 Å². The van der Waals surface area contributed by atoms with Gasteiger partial charge in [-0.15, -0.1) is 0 Å². The Morgan fingerprint density at radius 2 is 1.69 bits per heavy atom. The Balaban J connectivity index is 1.90. The summed E-state index contributed by atoms with van der Waals surface area (Å²) in [6.07, 6.45) is 0.878. The number of anilines is 1. The smallest absolute Gasteiger partial charge is 0.300 e. The number of carbonyl (C=O) groups excluding carboxylic acids is 2. The van der Waals surface area contributed by atoms with E-state index in [9.17, 15) is 14.7 Å². The van der Waals surface area contributed by atoms with E-state index in [1.165, 1.54) is 12.0 Å². The van der Waals surface area contributed by atoms with Gasteiger partial charge in [0.05, 0.1) is 25.3 Å². The molecular weight excluding hydrogens is 442 g/mol. The van der Waals surface area contributed by atoms with Crippen molar-refractivity contribution in [1.82, 2.24) is 0 Å². The number of benzene rings is 3. The number of aliphatic hydroxyl groups is 1. The second-order valence-corrected chi connectivity index (χ2v) is 8.55. The highest BCUT2D eigenvalue weighted by atomic mass is 16.5. The van der Waals surface area contributed by atoms with Gasteiger partial charge in [-0.3, -0.25) is 14.5 Å². The minimum atomic E-state index is -0.857. The largest absolute Gasteiger partial charge is 0.507 e. The summed E-state index contributed by atoms with van der Waals surface area (Å²) < 4.78 is 11.2. The van der Waals surface area contributed by atoms with Gasteiger partial charge in [-0.2, -0.15) is 0 Å². The third-order valence-electron chi connectivity index (χ3n) is 6.25. The van der Waals surface area contributed by atoms with Crippen LogP contribution >= 0.6 is 0 Å². The predicted octanol–water partition coefficient (Wildman–Crippen LogP) is 5.73. The normalized spacial score (nSPS) is 17.0. The van der Waals surface area contributed by atoms with E-state index >= 15 is 0 Å². The lowest BCUT2D eigenvalue weighted by Crippen LogP contribution is -2.29. The van der Waals surface area contributed by atoms with Gasteiger partial charge in [0.2, 0.25) is 0 Å². The maximum Gasteiger partial charge on any atom is 0.300 e. The molecular formula is C29H29NO5. The Labute approximate surface area is 205 Å². The molecule has 180 valence electrons. The van der Waals surface area contributed by atoms with Gasteiger partial charge in [0.1, 0.15) is 17.3 Å². The zero-order chi connectivity index (χ0) is 25.1. The van der Waals surface area contributed by atoms with Gasteiger partial charge in [-0.25, -0.2) is 0 Å². The van der Waals surface area contributed by atoms with E-state index in [1.807, 2.05) is 51.1 Å². The van der Waals surface area contributed by atoms with Crippen LogP contribution in [-0.2, 0) is 9.59 Å². The average Bonchev–Trinajstić information content (AvgIpc) is 3.14. The molecule has 3 aromatic carbocycles. The van der Waals surface area contributed by atoms with Crippen LogP contribution in [0, 0.1) is 13.8 Å². The zero-order valence-corrected chi connectivity index (χ0v) is 20.4. The molecule has 1 fully saturated rings. The van der Waals surface area contributed by atoms with Crippen LogP contribution < -0.4 is 14.4 Å². The van der Waals surface area contributed by atoms with Crippen molar-refractivity contribution in [3.05, 3.63) is 94.6 Å². The quantitative estimate of drug-likeness (QED) is 0.271. The van der Waals surface area contributed by atoms with Crippen molar-refractivity contribution in [3.8, 4) is 11.5 Å². The molecule has 0 radical (unpaired) electrons. The van der Waals surface area contributed by atoms with Crippen molar-refractivity contribution in [1.29, 1.82) is 0 Å². The van der Waals surface area contributed by atoms with Crippen LogP contribution in [0.25, 0.3) is 5.76 Å². The standard InChI is InChI=1S/C29H29NO5/c1-5-16-35-22-14-11-20(12-15-22)27(31)25-26(23-8-6-7-9-24(23)34-4)30(29(33)28(25)32)21-13-10-18(2)19(3)17-21/h6-15,17,26,31H,5,16H2,1-4H3/b27-25+. The molecule has 35 heavy (non-hydrogen) atoms. The number of ketones is 1. The summed E-state index contributed by atoms with van der Waals surface area (Å²) in [7, 11) is 1.54. The number of rotatable bonds is 7. The second-order valence-electron chi connectivity index (χ2n) is 8.55. The molecule has 1 saturated heterocycles. The van der Waals surface area contributed by atoms with Crippen molar-refractivity contribution < 1.29 is 24.2 Å². The first-order chi connectivity index (χ1) is 16.9. The lowest BCUT2D eigenvalue weighted by Gasteiger charge is -2.27. The third kappa shape index (κ3) is 4.52. The van der Waals surface area contributed by atoms with E-state index in [4.69, 9.17) is 9.47 Å². The van der Waals surface area contributed by atoms with Gasteiger partial charge < -0.3 is 14.6 Å². The number of nitrogens with zero attached hydrogens (tertiary/aromatic N) is 1. The van der Waals surface area contributed by atoms with E-state index in [-0.39, 0.29) is 11.3 Å². The first-order valence-corrected chi connectivity index (χ1v) is 11.6. The fraction of sp³-hybridized carbons (Fsp3) is 0.241. The van der Waals surface area contributed by atoms with Crippen molar-refractivity contribution in [2.24, 2.45) is 0 Å². The maximum absolute atomic E-state index is 13.4. The number of amides is 1. The molecule has 0 spiro atoms. The van der Waals surface area contributed by atoms with Crippen LogP contribution in [0.1, 0.15) is 41.6 Å². The summed E-state index contributed by atoms with van der Waals surface area (Å²) in [5, 5.41) is 11.3. The van der Waals surface area contributed by atoms with Crippen LogP contribution in [0.5, 0.6) is 11.5 Å². The Morgan fingerprint density at radius 1 is 0.971 bits per heavy atom. The van der Waals surface area contributed by atoms with Crippen LogP contribution in [-0.4, -0.2) is 30.5 Å². The summed E-state index contributed by atoms with van der Waals surface area (Å²) >= 11 is 0. The van der Waals surface area contributed by atoms with Crippen LogP contribution in [0.3, 0.4) is 0 Å². The number of methoxy groups -OCH3 is 1. The summed E-state index contributed by atoms with van der Waals surface area (Å²) in [6.45, 7) is 6.54. The second kappa shape index (κ2) is 10.1. The predicted molar refractivity (Wildman–Crippen MR) is 136 cm³/mol. The molecule has 1 unspecified atom stereocenters. The van der Waals surface area contributed by atoms with Gasteiger partial charge in [0.15, 0.2) is 0 Å². The molecule has 1 N–H and O–H groups in total. The minimum Gasteiger partial charge on any atom is -0.507 e. The van der Waals surface area contributed by atoms with Crippen LogP contribution in [0.2, 0.25) is 0 Å². The Hall–Kier alpha value is -4.06. The number of hydrogen-bond donors (Lipinski definition) is 1. The molecule has 1 atom stereocenters. The fourth-order valence-electron chi connectivity index (χ4n) is 4.25. The minimum absolute atomic E-state index is 0.0138. The molecule has 0 aliphatic carbocycles. The van der Waals surface area contributed by atoms with Crippen LogP contribution in [0.4, 0.5) is 5.69 Å². The Bertz CT molecular complexity index is 1290. The van der Waals surface area contributed by atoms with Crippen molar-refractivity contribution in [3.63, 3.8) is 0 Å². The lowest BCUT2D eigenvalue weighted by molar-refractivity contribution is -0.132. The van der Waals surface area contributed by atoms with E-state index in [2.05, 4.69) is 0 Å². The van der Waals surface area contributed by atoms with E-state index in [0.717, 1.165) is 17.5 Å². The molecule has 1 amide bonds. The number of carbonyl (C=O) groups is 2. The molecule has 0 aromatic heterocycles. The van der Waals surface area contributed by atoms with Gasteiger partial charge in [0, 0.05) is 16.8 Å². The number of aliphatic hydroxyl groups excluding tert-OH is 1. The van der Waals surface area contributed by atoms with Crippen molar-refractivity contribution in [2.45, 2.75) is 33.2 Å².